The van der Waals surface area contributed by atoms with Gasteiger partial charge in [-0.15, -0.1) is 0 Å². The number of hydrogen-bond acceptors (Lipinski definition) is 12. The number of nitrogens with zero attached hydrogens (tertiary/aromatic N) is 6. The predicted molar refractivity (Wildman–Crippen MR) is 423 cm³/mol. The smallest absolute Gasteiger partial charge is 0.255 e. The fraction of sp³-hybridized carbons (Fsp3) is 0.275. The lowest BCUT2D eigenvalue weighted by molar-refractivity contribution is -0.137. The van der Waals surface area contributed by atoms with Crippen molar-refractivity contribution in [2.75, 3.05) is 41.0 Å². The lowest BCUT2D eigenvalue weighted by atomic mass is 9.86. The molecule has 3 heterocycles. The van der Waals surface area contributed by atoms with Crippen LogP contribution in [-0.2, 0) is 68.9 Å². The summed E-state index contributed by atoms with van der Waals surface area (Å²) in [6, 6.07) is 74.7. The minimum atomic E-state index is -0.118. The van der Waals surface area contributed by atoms with E-state index in [-0.39, 0.29) is 29.1 Å². The minimum Gasteiger partial charge on any atom is -0.493 e. The van der Waals surface area contributed by atoms with Crippen molar-refractivity contribution in [2.45, 2.75) is 117 Å². The molecule has 0 atom stereocenters. The fourth-order valence-corrected chi connectivity index (χ4v) is 12.8. The first kappa shape index (κ1) is 78.3. The Bertz CT molecular complexity index is 4510. The van der Waals surface area contributed by atoms with Crippen LogP contribution < -0.4 is 28.4 Å². The van der Waals surface area contributed by atoms with Gasteiger partial charge in [0.2, 0.25) is 5.91 Å². The molecule has 0 aliphatic heterocycles. The van der Waals surface area contributed by atoms with E-state index in [0.29, 0.717) is 116 Å². The molecule has 0 unspecified atom stereocenters. The van der Waals surface area contributed by atoms with Crippen LogP contribution in [0.4, 0.5) is 0 Å². The lowest BCUT2D eigenvalue weighted by Gasteiger charge is -2.30. The van der Waals surface area contributed by atoms with Gasteiger partial charge in [0.25, 0.3) is 11.8 Å². The van der Waals surface area contributed by atoms with Gasteiger partial charge in [-0.1, -0.05) is 185 Å². The van der Waals surface area contributed by atoms with E-state index >= 15 is 0 Å². The van der Waals surface area contributed by atoms with Crippen LogP contribution in [0.25, 0.3) is 0 Å². The minimum absolute atomic E-state index is 0.00267. The summed E-state index contributed by atoms with van der Waals surface area (Å²) in [5.74, 6) is 4.29. The van der Waals surface area contributed by atoms with Crippen LogP contribution in [0.5, 0.6) is 34.5 Å². The maximum Gasteiger partial charge on any atom is 0.255 e. The summed E-state index contributed by atoms with van der Waals surface area (Å²) in [6.07, 6.45) is 18.5. The van der Waals surface area contributed by atoms with Crippen molar-refractivity contribution in [3.8, 4) is 34.5 Å². The summed E-state index contributed by atoms with van der Waals surface area (Å²) in [5.41, 5.74) is 12.1. The zero-order valence-electron chi connectivity index (χ0n) is 62.2. The van der Waals surface area contributed by atoms with Crippen LogP contribution in [0.2, 0.25) is 5.02 Å². The number of amides is 3. The molecule has 0 bridgehead atoms. The Kier molecular flexibility index (Phi) is 29.9. The highest BCUT2D eigenvalue weighted by molar-refractivity contribution is 6.33. The Morgan fingerprint density at radius 1 is 0.383 bits per heavy atom. The largest absolute Gasteiger partial charge is 0.493 e. The number of methoxy groups -OCH3 is 3. The van der Waals surface area contributed by atoms with E-state index in [1.165, 1.54) is 17.5 Å². The molecule has 3 aromatic heterocycles. The van der Waals surface area contributed by atoms with Gasteiger partial charge >= 0.3 is 0 Å². The summed E-state index contributed by atoms with van der Waals surface area (Å²) in [6.45, 7) is 11.1. The number of rotatable bonds is 30. The third-order valence-corrected chi connectivity index (χ3v) is 19.0. The predicted octanol–water partition coefficient (Wildman–Crippen LogP) is 18.9. The van der Waals surface area contributed by atoms with Gasteiger partial charge in [0.05, 0.1) is 31.9 Å². The number of ether oxygens (including phenoxy) is 6. The van der Waals surface area contributed by atoms with Crippen LogP contribution in [0.3, 0.4) is 0 Å². The molecule has 107 heavy (non-hydrogen) atoms. The van der Waals surface area contributed by atoms with E-state index < -0.39 is 0 Å². The Morgan fingerprint density at radius 2 is 0.738 bits per heavy atom. The number of pyridine rings is 3. The van der Waals surface area contributed by atoms with Gasteiger partial charge in [0, 0.05) is 87.9 Å². The van der Waals surface area contributed by atoms with Crippen molar-refractivity contribution in [3.05, 3.63) is 339 Å². The molecule has 1 saturated carbocycles. The topological polar surface area (TPSA) is 155 Å². The third-order valence-electron chi connectivity index (χ3n) is 18.7. The van der Waals surface area contributed by atoms with Crippen LogP contribution in [0.1, 0.15) is 129 Å². The van der Waals surface area contributed by atoms with Gasteiger partial charge in [-0.25, -0.2) is 0 Å². The maximum atomic E-state index is 13.7. The second-order valence-electron chi connectivity index (χ2n) is 27.5. The standard InChI is InChI=1S/C33H36N2O3.C29H27ClN2O3.C29H34N2O3/c1-33(2,3)29-13-11-28(12-14-29)32(36)35(21-18-25-16-19-34-20-17-25)23-27-10-15-30(31(22-27)37-4)38-24-26-8-6-5-7-9-26;1-34-28-19-24(11-12-27(28)35-21-23-7-3-2-4-8-23)20-32(18-15-22-13-16-31-17-14-22)29(33)25-9-5-6-10-26(25)30;1-33-28-20-25(12-13-27(28)34-22-24-8-4-2-5-9-24)21-31(19-16-23-14-17-30-18-15-23)29(32)26-10-6-3-7-11-26/h5-17,19-20,22H,18,21,23-24H2,1-4H3;2-14,16-17,19H,15,18,20-21H2,1H3;2,4-5,8-9,12-15,17-18,20,26H,3,6-7,10-11,16,19,21-22H2,1H3. The van der Waals surface area contributed by atoms with Gasteiger partial charge in [-0.05, 0) is 190 Å². The quantitative estimate of drug-likeness (QED) is 0.0421. The molecule has 0 spiro atoms. The van der Waals surface area contributed by atoms with Crippen molar-refractivity contribution in [3.63, 3.8) is 0 Å². The first-order valence-electron chi connectivity index (χ1n) is 36.6. The Hall–Kier alpha value is -11.3. The number of carbonyl (C=O) groups is 3. The zero-order chi connectivity index (χ0) is 75.0. The first-order chi connectivity index (χ1) is 52.2. The van der Waals surface area contributed by atoms with Gasteiger partial charge in [0.1, 0.15) is 19.8 Å². The fourth-order valence-electron chi connectivity index (χ4n) is 12.6. The second kappa shape index (κ2) is 40.8. The number of halogens is 1. The summed E-state index contributed by atoms with van der Waals surface area (Å²) >= 11 is 6.34. The molecule has 552 valence electrons. The molecule has 1 aliphatic carbocycles. The lowest BCUT2D eigenvalue weighted by Crippen LogP contribution is -2.38. The number of benzene rings is 8. The molecule has 12 rings (SSSR count). The number of carbonyl (C=O) groups excluding carboxylic acids is 3. The van der Waals surface area contributed by atoms with E-state index in [0.717, 1.165) is 83.0 Å². The van der Waals surface area contributed by atoms with Crippen LogP contribution in [0.15, 0.2) is 268 Å². The molecule has 0 radical (unpaired) electrons. The molecule has 8 aromatic carbocycles. The highest BCUT2D eigenvalue weighted by Gasteiger charge is 2.27. The van der Waals surface area contributed by atoms with E-state index in [2.05, 4.69) is 47.9 Å². The molecular formula is C91H97ClN6O9. The van der Waals surface area contributed by atoms with Crippen molar-refractivity contribution < 1.29 is 42.8 Å². The highest BCUT2D eigenvalue weighted by Crippen LogP contribution is 2.34. The third kappa shape index (κ3) is 24.4. The Labute approximate surface area is 636 Å². The summed E-state index contributed by atoms with van der Waals surface area (Å²) < 4.78 is 34.9. The van der Waals surface area contributed by atoms with Gasteiger partial charge < -0.3 is 43.1 Å². The molecule has 11 aromatic rings. The average Bonchev–Trinajstić information content (AvgIpc) is 0.832. The van der Waals surface area contributed by atoms with E-state index in [1.807, 2.05) is 228 Å². The van der Waals surface area contributed by atoms with Crippen molar-refractivity contribution >= 4 is 29.3 Å². The van der Waals surface area contributed by atoms with Crippen molar-refractivity contribution in [1.29, 1.82) is 0 Å². The number of aromatic nitrogens is 3. The highest BCUT2D eigenvalue weighted by atomic mass is 35.5. The molecule has 1 aliphatic rings. The summed E-state index contributed by atoms with van der Waals surface area (Å²) in [4.78, 5) is 58.6. The van der Waals surface area contributed by atoms with Crippen molar-refractivity contribution in [1.82, 2.24) is 29.7 Å². The molecular weight excluding hydrogens is 1360 g/mol. The average molecular weight is 1450 g/mol. The van der Waals surface area contributed by atoms with Gasteiger partial charge in [0.15, 0.2) is 34.5 Å². The molecule has 0 N–H and O–H groups in total. The number of hydrogen-bond donors (Lipinski definition) is 0. The van der Waals surface area contributed by atoms with E-state index in [1.54, 1.807) is 63.1 Å². The van der Waals surface area contributed by atoms with Crippen LogP contribution in [0, 0.1) is 5.92 Å². The molecule has 0 saturated heterocycles. The molecule has 15 nitrogen and oxygen atoms in total. The van der Waals surface area contributed by atoms with Gasteiger partial charge in [-0.2, -0.15) is 0 Å². The zero-order valence-corrected chi connectivity index (χ0v) is 63.0. The van der Waals surface area contributed by atoms with Gasteiger partial charge in [-0.3, -0.25) is 29.3 Å². The second-order valence-corrected chi connectivity index (χ2v) is 27.9. The summed E-state index contributed by atoms with van der Waals surface area (Å²) in [7, 11) is 4.91. The van der Waals surface area contributed by atoms with Crippen LogP contribution in [-0.4, -0.2) is 88.3 Å². The molecule has 1 fully saturated rings. The molecule has 16 heteroatoms. The Morgan fingerprint density at radius 3 is 1.11 bits per heavy atom. The monoisotopic (exact) mass is 1450 g/mol. The van der Waals surface area contributed by atoms with Crippen molar-refractivity contribution in [2.24, 2.45) is 5.92 Å². The van der Waals surface area contributed by atoms with Crippen LogP contribution >= 0.6 is 11.6 Å². The normalized spacial score (nSPS) is 11.8. The maximum absolute atomic E-state index is 13.7. The van der Waals surface area contributed by atoms with E-state index in [4.69, 9.17) is 40.0 Å². The first-order valence-corrected chi connectivity index (χ1v) is 37.0. The summed E-state index contributed by atoms with van der Waals surface area (Å²) in [5, 5.41) is 0.439. The SMILES string of the molecule is COc1cc(CN(CCc2ccncc2)C(=O)C2CCCCC2)ccc1OCc1ccccc1.COc1cc(CN(CCc2ccncc2)C(=O)c2ccc(C(C)(C)C)cc2)ccc1OCc1ccccc1.COc1cc(CN(CCc2ccncc2)C(=O)c2ccccc2Cl)ccc1OCc1ccccc1. The molecule has 3 amide bonds. The Balaban J connectivity index is 0.000000172. The van der Waals surface area contributed by atoms with E-state index in [9.17, 15) is 14.4 Å².